The van der Waals surface area contributed by atoms with Crippen LogP contribution in [0.4, 0.5) is 4.79 Å². The van der Waals surface area contributed by atoms with Crippen LogP contribution < -0.4 is 16.2 Å². The summed E-state index contributed by atoms with van der Waals surface area (Å²) in [7, 11) is 0. The van der Waals surface area contributed by atoms with Crippen LogP contribution in [0.15, 0.2) is 0 Å². The van der Waals surface area contributed by atoms with Crippen molar-refractivity contribution < 1.29 is 33.4 Å². The highest BCUT2D eigenvalue weighted by Gasteiger charge is 2.27. The molecule has 10 nitrogen and oxygen atoms in total. The van der Waals surface area contributed by atoms with E-state index in [1.165, 1.54) is 6.92 Å². The van der Waals surface area contributed by atoms with Gasteiger partial charge in [0.25, 0.3) is 5.91 Å². The van der Waals surface area contributed by atoms with E-state index in [4.69, 9.17) is 14.2 Å². The predicted molar refractivity (Wildman–Crippen MR) is 89.6 cm³/mol. The number of hydrogen-bond acceptors (Lipinski definition) is 7. The summed E-state index contributed by atoms with van der Waals surface area (Å²) in [5, 5.41) is 2.31. The van der Waals surface area contributed by atoms with E-state index in [2.05, 4.69) is 16.2 Å². The molecule has 148 valence electrons. The summed E-state index contributed by atoms with van der Waals surface area (Å²) in [6, 6.07) is -1.22. The number of rotatable bonds is 5. The molecular weight excluding hydrogens is 346 g/mol. The Morgan fingerprint density at radius 1 is 1.12 bits per heavy atom. The SMILES string of the molecule is CC(=O)OC[C@H](NC(=O)OC(C)(C)C)C(=O)NNC(=O)C1CCOCC1. The van der Waals surface area contributed by atoms with E-state index >= 15 is 0 Å². The lowest BCUT2D eigenvalue weighted by atomic mass is 10.00. The number of esters is 1. The van der Waals surface area contributed by atoms with Gasteiger partial charge in [-0.05, 0) is 33.6 Å². The summed E-state index contributed by atoms with van der Waals surface area (Å²) in [5.41, 5.74) is 3.79. The number of ether oxygens (including phenoxy) is 3. The number of amides is 3. The average Bonchev–Trinajstić information content (AvgIpc) is 2.55. The second-order valence-electron chi connectivity index (χ2n) is 6.87. The third-order valence-electron chi connectivity index (χ3n) is 3.36. The summed E-state index contributed by atoms with van der Waals surface area (Å²) >= 11 is 0. The first-order valence-electron chi connectivity index (χ1n) is 8.39. The number of hydrazine groups is 1. The van der Waals surface area contributed by atoms with Crippen molar-refractivity contribution in [3.8, 4) is 0 Å². The Labute approximate surface area is 152 Å². The molecule has 3 amide bonds. The van der Waals surface area contributed by atoms with Crippen LogP contribution in [0.5, 0.6) is 0 Å². The van der Waals surface area contributed by atoms with Crippen LogP contribution in [-0.4, -0.2) is 55.3 Å². The number of alkyl carbamates (subject to hydrolysis) is 1. The van der Waals surface area contributed by atoms with E-state index < -0.39 is 36.2 Å². The van der Waals surface area contributed by atoms with Crippen molar-refractivity contribution in [2.45, 2.75) is 52.2 Å². The van der Waals surface area contributed by atoms with Gasteiger partial charge in [-0.3, -0.25) is 25.2 Å². The van der Waals surface area contributed by atoms with E-state index in [1.807, 2.05) is 0 Å². The smallest absolute Gasteiger partial charge is 0.408 e. The molecule has 1 aliphatic heterocycles. The molecule has 26 heavy (non-hydrogen) atoms. The van der Waals surface area contributed by atoms with Gasteiger partial charge >= 0.3 is 12.1 Å². The Morgan fingerprint density at radius 3 is 2.27 bits per heavy atom. The fourth-order valence-corrected chi connectivity index (χ4v) is 2.11. The maximum absolute atomic E-state index is 12.2. The summed E-state index contributed by atoms with van der Waals surface area (Å²) in [6.07, 6.45) is 0.282. The molecule has 0 bridgehead atoms. The number of carbonyl (C=O) groups excluding carboxylic acids is 4. The molecule has 0 aromatic carbocycles. The zero-order chi connectivity index (χ0) is 19.7. The molecule has 0 radical (unpaired) electrons. The summed E-state index contributed by atoms with van der Waals surface area (Å²) in [5.74, 6) is -1.95. The lowest BCUT2D eigenvalue weighted by Crippen LogP contribution is -2.55. The first-order chi connectivity index (χ1) is 12.1. The second kappa shape index (κ2) is 9.95. The minimum Gasteiger partial charge on any atom is -0.463 e. The number of hydrogen-bond donors (Lipinski definition) is 3. The quantitative estimate of drug-likeness (QED) is 0.457. The van der Waals surface area contributed by atoms with E-state index in [0.717, 1.165) is 0 Å². The van der Waals surface area contributed by atoms with E-state index in [9.17, 15) is 19.2 Å². The fraction of sp³-hybridized carbons (Fsp3) is 0.750. The largest absolute Gasteiger partial charge is 0.463 e. The molecule has 0 aliphatic carbocycles. The van der Waals surface area contributed by atoms with Crippen molar-refractivity contribution in [1.29, 1.82) is 0 Å². The van der Waals surface area contributed by atoms with Crippen molar-refractivity contribution in [1.82, 2.24) is 16.2 Å². The molecule has 0 saturated carbocycles. The van der Waals surface area contributed by atoms with Gasteiger partial charge in [0.2, 0.25) is 5.91 Å². The van der Waals surface area contributed by atoms with Crippen LogP contribution in [0.3, 0.4) is 0 Å². The third-order valence-corrected chi connectivity index (χ3v) is 3.36. The molecule has 0 spiro atoms. The Balaban J connectivity index is 2.57. The zero-order valence-corrected chi connectivity index (χ0v) is 15.5. The Morgan fingerprint density at radius 2 is 1.73 bits per heavy atom. The molecule has 1 heterocycles. The van der Waals surface area contributed by atoms with Gasteiger partial charge in [-0.25, -0.2) is 4.79 Å². The molecule has 10 heteroatoms. The molecule has 0 aromatic rings. The molecule has 1 rings (SSSR count). The van der Waals surface area contributed by atoms with E-state index in [1.54, 1.807) is 20.8 Å². The van der Waals surface area contributed by atoms with Crippen molar-refractivity contribution in [3.05, 3.63) is 0 Å². The highest BCUT2D eigenvalue weighted by atomic mass is 16.6. The highest BCUT2D eigenvalue weighted by Crippen LogP contribution is 2.14. The third kappa shape index (κ3) is 8.65. The van der Waals surface area contributed by atoms with E-state index in [0.29, 0.717) is 26.1 Å². The fourth-order valence-electron chi connectivity index (χ4n) is 2.11. The van der Waals surface area contributed by atoms with Crippen LogP contribution in [0.2, 0.25) is 0 Å². The zero-order valence-electron chi connectivity index (χ0n) is 15.5. The van der Waals surface area contributed by atoms with Gasteiger partial charge in [-0.2, -0.15) is 0 Å². The highest BCUT2D eigenvalue weighted by molar-refractivity contribution is 5.88. The topological polar surface area (TPSA) is 132 Å². The maximum Gasteiger partial charge on any atom is 0.408 e. The first kappa shape index (κ1) is 21.7. The lowest BCUT2D eigenvalue weighted by Gasteiger charge is -2.24. The first-order valence-corrected chi connectivity index (χ1v) is 8.39. The van der Waals surface area contributed by atoms with Crippen LogP contribution >= 0.6 is 0 Å². The predicted octanol–water partition coefficient (Wildman–Crippen LogP) is 0.0168. The van der Waals surface area contributed by atoms with Crippen LogP contribution in [0, 0.1) is 5.92 Å². The van der Waals surface area contributed by atoms with Gasteiger partial charge in [0, 0.05) is 26.1 Å². The van der Waals surface area contributed by atoms with Gasteiger partial charge in [-0.1, -0.05) is 0 Å². The van der Waals surface area contributed by atoms with Gasteiger partial charge in [0.05, 0.1) is 0 Å². The molecule has 1 fully saturated rings. The second-order valence-corrected chi connectivity index (χ2v) is 6.87. The standard InChI is InChI=1S/C16H27N3O7/c1-10(20)25-9-12(17-15(23)26-16(2,3)4)14(22)19-18-13(21)11-5-7-24-8-6-11/h11-12H,5-9H2,1-4H3,(H,17,23)(H,18,21)(H,19,22)/t12-/m0/s1. The van der Waals surface area contributed by atoms with Gasteiger partial charge < -0.3 is 19.5 Å². The maximum atomic E-state index is 12.2. The molecular formula is C16H27N3O7. The molecule has 1 atom stereocenters. The normalized spacial score (nSPS) is 16.2. The van der Waals surface area contributed by atoms with Crippen molar-refractivity contribution in [2.75, 3.05) is 19.8 Å². The summed E-state index contributed by atoms with van der Waals surface area (Å²) < 4.78 is 15.0. The Hall–Kier alpha value is -2.36. The van der Waals surface area contributed by atoms with Crippen molar-refractivity contribution >= 4 is 23.9 Å². The Bertz CT molecular complexity index is 524. The van der Waals surface area contributed by atoms with Gasteiger partial charge in [0.15, 0.2) is 0 Å². The number of carbonyl (C=O) groups is 4. The number of nitrogens with one attached hydrogen (secondary N) is 3. The summed E-state index contributed by atoms with van der Waals surface area (Å²) in [6.45, 7) is 6.76. The minimum absolute atomic E-state index is 0.255. The minimum atomic E-state index is -1.22. The van der Waals surface area contributed by atoms with Gasteiger partial charge in [0.1, 0.15) is 18.2 Å². The van der Waals surface area contributed by atoms with Crippen molar-refractivity contribution in [3.63, 3.8) is 0 Å². The molecule has 1 aliphatic rings. The monoisotopic (exact) mass is 373 g/mol. The molecule has 3 N–H and O–H groups in total. The van der Waals surface area contributed by atoms with Crippen molar-refractivity contribution in [2.24, 2.45) is 5.92 Å². The molecule has 0 unspecified atom stereocenters. The summed E-state index contributed by atoms with van der Waals surface area (Å²) in [4.78, 5) is 47.1. The molecule has 1 saturated heterocycles. The average molecular weight is 373 g/mol. The van der Waals surface area contributed by atoms with E-state index in [-0.39, 0.29) is 11.8 Å². The van der Waals surface area contributed by atoms with Crippen LogP contribution in [-0.2, 0) is 28.6 Å². The molecule has 0 aromatic heterocycles. The lowest BCUT2D eigenvalue weighted by molar-refractivity contribution is -0.143. The van der Waals surface area contributed by atoms with Crippen LogP contribution in [0.25, 0.3) is 0 Å². The van der Waals surface area contributed by atoms with Gasteiger partial charge in [-0.15, -0.1) is 0 Å². The van der Waals surface area contributed by atoms with Crippen LogP contribution in [0.1, 0.15) is 40.5 Å². The Kier molecular flexibility index (Phi) is 8.30.